The van der Waals surface area contributed by atoms with Gasteiger partial charge in [0.25, 0.3) is 0 Å². The molecular formula is C38H40F2O7. The highest BCUT2D eigenvalue weighted by molar-refractivity contribution is 5.78. The summed E-state index contributed by atoms with van der Waals surface area (Å²) in [6, 6.07) is 37.5. The molecular weight excluding hydrogens is 606 g/mol. The van der Waals surface area contributed by atoms with Crippen LogP contribution in [0.1, 0.15) is 29.2 Å². The fourth-order valence-corrected chi connectivity index (χ4v) is 5.42. The molecule has 0 radical (unpaired) electrons. The Morgan fingerprint density at radius 1 is 0.617 bits per heavy atom. The minimum atomic E-state index is -4.08. The molecule has 47 heavy (non-hydrogen) atoms. The molecule has 0 N–H and O–H groups in total. The summed E-state index contributed by atoms with van der Waals surface area (Å²) in [6.07, 6.45) is -6.54. The topological polar surface area (TPSA) is 72.5 Å². The minimum absolute atomic E-state index is 0.0317. The average Bonchev–Trinajstić information content (AvgIpc) is 3.11. The molecule has 0 aromatic heterocycles. The normalized spacial score (nSPS) is 21.3. The van der Waals surface area contributed by atoms with Crippen molar-refractivity contribution in [2.24, 2.45) is 0 Å². The Kier molecular flexibility index (Phi) is 12.6. The molecule has 0 amide bonds. The number of hydrogen-bond donors (Lipinski definition) is 0. The molecule has 1 aliphatic heterocycles. The van der Waals surface area contributed by atoms with Gasteiger partial charge in [-0.3, -0.25) is 0 Å². The van der Waals surface area contributed by atoms with Crippen molar-refractivity contribution in [1.82, 2.24) is 0 Å². The molecule has 4 aromatic rings. The molecule has 9 heteroatoms. The van der Waals surface area contributed by atoms with Crippen molar-refractivity contribution in [1.29, 1.82) is 0 Å². The zero-order chi connectivity index (χ0) is 32.9. The van der Waals surface area contributed by atoms with Crippen LogP contribution in [0.4, 0.5) is 8.78 Å². The lowest BCUT2D eigenvalue weighted by atomic mass is 9.90. The summed E-state index contributed by atoms with van der Waals surface area (Å²) in [5.74, 6) is -5.78. The third-order valence-electron chi connectivity index (χ3n) is 7.79. The predicted molar refractivity (Wildman–Crippen MR) is 171 cm³/mol. The number of ether oxygens (including phenoxy) is 6. The fourth-order valence-electron chi connectivity index (χ4n) is 5.42. The van der Waals surface area contributed by atoms with E-state index >= 15 is 8.78 Å². The van der Waals surface area contributed by atoms with Crippen LogP contribution in [0.3, 0.4) is 0 Å². The third-order valence-corrected chi connectivity index (χ3v) is 7.79. The van der Waals surface area contributed by atoms with Crippen molar-refractivity contribution in [3.63, 3.8) is 0 Å². The van der Waals surface area contributed by atoms with Gasteiger partial charge in [-0.1, -0.05) is 121 Å². The highest BCUT2D eigenvalue weighted by atomic mass is 19.3. The second-order valence-electron chi connectivity index (χ2n) is 11.2. The summed E-state index contributed by atoms with van der Waals surface area (Å²) in [7, 11) is 0. The third kappa shape index (κ3) is 9.53. The molecule has 1 heterocycles. The zero-order valence-corrected chi connectivity index (χ0v) is 26.3. The molecule has 4 aromatic carbocycles. The Bertz CT molecular complexity index is 1480. The molecule has 248 valence electrons. The molecule has 1 saturated heterocycles. The molecule has 1 aliphatic rings. The van der Waals surface area contributed by atoms with E-state index in [4.69, 9.17) is 28.4 Å². The zero-order valence-electron chi connectivity index (χ0n) is 26.3. The maximum Gasteiger partial charge on any atom is 0.379 e. The molecule has 5 unspecified atom stereocenters. The van der Waals surface area contributed by atoms with Crippen molar-refractivity contribution in [3.8, 4) is 0 Å². The van der Waals surface area contributed by atoms with Crippen LogP contribution < -0.4 is 0 Å². The van der Waals surface area contributed by atoms with Crippen LogP contribution in [0.25, 0.3) is 0 Å². The highest BCUT2D eigenvalue weighted by Crippen LogP contribution is 2.38. The fraction of sp³-hybridized carbons (Fsp3) is 0.342. The number of hydrogen-bond acceptors (Lipinski definition) is 7. The van der Waals surface area contributed by atoms with Crippen LogP contribution in [0, 0.1) is 0 Å². The number of rotatable bonds is 16. The van der Waals surface area contributed by atoms with Gasteiger partial charge in [-0.25, -0.2) is 4.79 Å². The Hall–Kier alpha value is -3.99. The number of benzene rings is 4. The number of carbonyl (C=O) groups is 1. The molecule has 0 bridgehead atoms. The van der Waals surface area contributed by atoms with Gasteiger partial charge >= 0.3 is 11.9 Å². The first-order valence-electron chi connectivity index (χ1n) is 15.7. The van der Waals surface area contributed by atoms with Crippen molar-refractivity contribution < 1.29 is 42.0 Å². The second kappa shape index (κ2) is 17.2. The smallest absolute Gasteiger partial charge is 0.379 e. The first-order valence-corrected chi connectivity index (χ1v) is 15.7. The van der Waals surface area contributed by atoms with E-state index in [2.05, 4.69) is 0 Å². The summed E-state index contributed by atoms with van der Waals surface area (Å²) in [4.78, 5) is 12.8. The monoisotopic (exact) mass is 646 g/mol. The van der Waals surface area contributed by atoms with Crippen LogP contribution >= 0.6 is 0 Å². The lowest BCUT2D eigenvalue weighted by Crippen LogP contribution is -2.66. The van der Waals surface area contributed by atoms with Gasteiger partial charge in [-0.2, -0.15) is 8.78 Å². The minimum Gasteiger partial charge on any atom is -0.461 e. The van der Waals surface area contributed by atoms with Gasteiger partial charge in [0.2, 0.25) is 0 Å². The van der Waals surface area contributed by atoms with Crippen LogP contribution in [0.5, 0.6) is 0 Å². The number of carbonyl (C=O) groups excluding carboxylic acids is 1. The maximum absolute atomic E-state index is 16.1. The molecule has 7 nitrogen and oxygen atoms in total. The van der Waals surface area contributed by atoms with Gasteiger partial charge in [0.15, 0.2) is 6.10 Å². The van der Waals surface area contributed by atoms with E-state index in [-0.39, 0.29) is 39.6 Å². The molecule has 1 fully saturated rings. The summed E-state index contributed by atoms with van der Waals surface area (Å²) >= 11 is 0. The Balaban J connectivity index is 1.50. The summed E-state index contributed by atoms with van der Waals surface area (Å²) in [6.45, 7) is 1.55. The van der Waals surface area contributed by atoms with Crippen molar-refractivity contribution in [3.05, 3.63) is 144 Å². The van der Waals surface area contributed by atoms with Crippen LogP contribution in [0.2, 0.25) is 0 Å². The molecule has 0 spiro atoms. The quantitative estimate of drug-likeness (QED) is 0.122. The van der Waals surface area contributed by atoms with Gasteiger partial charge in [0.05, 0.1) is 39.6 Å². The van der Waals surface area contributed by atoms with Crippen molar-refractivity contribution >= 4 is 5.97 Å². The first-order chi connectivity index (χ1) is 23.0. The van der Waals surface area contributed by atoms with E-state index in [1.165, 1.54) is 6.92 Å². The second-order valence-corrected chi connectivity index (χ2v) is 11.2. The largest absolute Gasteiger partial charge is 0.461 e. The van der Waals surface area contributed by atoms with E-state index in [1.807, 2.05) is 121 Å². The summed E-state index contributed by atoms with van der Waals surface area (Å²) in [5.41, 5.74) is 3.36. The lowest BCUT2D eigenvalue weighted by molar-refractivity contribution is -0.307. The average molecular weight is 647 g/mol. The lowest BCUT2D eigenvalue weighted by Gasteiger charge is -2.47. The van der Waals surface area contributed by atoms with E-state index in [0.717, 1.165) is 22.3 Å². The highest BCUT2D eigenvalue weighted by Gasteiger charge is 2.61. The molecule has 0 saturated carbocycles. The van der Waals surface area contributed by atoms with Gasteiger partial charge in [0, 0.05) is 0 Å². The van der Waals surface area contributed by atoms with Gasteiger partial charge in [-0.15, -0.1) is 0 Å². The Morgan fingerprint density at radius 3 is 1.47 bits per heavy atom. The number of alkyl halides is 2. The van der Waals surface area contributed by atoms with E-state index in [0.29, 0.717) is 0 Å². The number of halogens is 2. The summed E-state index contributed by atoms with van der Waals surface area (Å²) < 4.78 is 68.4. The van der Waals surface area contributed by atoms with Gasteiger partial charge in [-0.05, 0) is 29.2 Å². The van der Waals surface area contributed by atoms with Crippen LogP contribution in [-0.4, -0.2) is 55.6 Å². The Labute approximate surface area is 274 Å². The number of esters is 1. The maximum atomic E-state index is 16.1. The van der Waals surface area contributed by atoms with Gasteiger partial charge < -0.3 is 28.4 Å². The van der Waals surface area contributed by atoms with Crippen LogP contribution in [0.15, 0.2) is 121 Å². The van der Waals surface area contributed by atoms with E-state index < -0.39 is 42.4 Å². The molecule has 5 rings (SSSR count). The first kappa shape index (κ1) is 34.3. The SMILES string of the molecule is CCOC(=O)C(F)(F)C1OC(COCc2ccccc2)C(OCc2ccccc2)C(OCc2ccccc2)C1OCc1ccccc1. The predicted octanol–water partition coefficient (Wildman–Crippen LogP) is 6.93. The molecule has 5 atom stereocenters. The van der Waals surface area contributed by atoms with Gasteiger partial charge in [0.1, 0.15) is 24.4 Å². The van der Waals surface area contributed by atoms with Crippen LogP contribution in [-0.2, 0) is 59.6 Å². The van der Waals surface area contributed by atoms with E-state index in [9.17, 15) is 4.79 Å². The Morgan fingerprint density at radius 2 is 1.02 bits per heavy atom. The standard InChI is InChI=1S/C38H40F2O7/c1-2-43-37(41)38(39,40)36-35(46-26-31-21-13-6-14-22-31)34(45-25-30-19-11-5-12-20-30)33(44-24-29-17-9-4-10-18-29)32(47-36)27-42-23-28-15-7-3-8-16-28/h3-22,32-36H,2,23-27H2,1H3. The van der Waals surface area contributed by atoms with Crippen molar-refractivity contribution in [2.75, 3.05) is 13.2 Å². The molecule has 0 aliphatic carbocycles. The van der Waals surface area contributed by atoms with Crippen molar-refractivity contribution in [2.45, 2.75) is 69.8 Å². The summed E-state index contributed by atoms with van der Waals surface area (Å²) in [5, 5.41) is 0. The van der Waals surface area contributed by atoms with E-state index in [1.54, 1.807) is 0 Å².